The third kappa shape index (κ3) is 6.98. The molecular weight excluding hydrogens is 362 g/mol. The molecule has 26 heavy (non-hydrogen) atoms. The Morgan fingerprint density at radius 1 is 1.12 bits per heavy atom. The Hall–Kier alpha value is -2.18. The Morgan fingerprint density at radius 2 is 1.77 bits per heavy atom. The molecule has 0 saturated heterocycles. The van der Waals surface area contributed by atoms with Gasteiger partial charge in [-0.2, -0.15) is 8.78 Å². The van der Waals surface area contributed by atoms with Gasteiger partial charge in [0.25, 0.3) is 0 Å². The lowest BCUT2D eigenvalue weighted by molar-refractivity contribution is -0.120. The lowest BCUT2D eigenvalue weighted by atomic mass is 10.1. The maximum Gasteiger partial charge on any atom is 0.387 e. The predicted molar refractivity (Wildman–Crippen MR) is 97.7 cm³/mol. The van der Waals surface area contributed by atoms with Crippen LogP contribution in [0.2, 0.25) is 5.02 Å². The molecule has 0 saturated carbocycles. The van der Waals surface area contributed by atoms with E-state index in [4.69, 9.17) is 11.6 Å². The Bertz CT molecular complexity index is 694. The van der Waals surface area contributed by atoms with Gasteiger partial charge in [0.15, 0.2) is 0 Å². The van der Waals surface area contributed by atoms with Gasteiger partial charge in [0, 0.05) is 17.6 Å². The first-order valence-electron chi connectivity index (χ1n) is 8.23. The number of rotatable bonds is 9. The van der Waals surface area contributed by atoms with E-state index in [0.29, 0.717) is 18.0 Å². The first-order chi connectivity index (χ1) is 12.4. The van der Waals surface area contributed by atoms with Crippen LogP contribution in [-0.2, 0) is 11.2 Å². The monoisotopic (exact) mass is 382 g/mol. The molecule has 0 aliphatic carbocycles. The number of ether oxygens (including phenoxy) is 1. The van der Waals surface area contributed by atoms with Crippen LogP contribution in [-0.4, -0.2) is 25.6 Å². The molecular formula is C19H21ClF2N2O2. The van der Waals surface area contributed by atoms with Gasteiger partial charge in [0.2, 0.25) is 5.91 Å². The number of benzene rings is 2. The van der Waals surface area contributed by atoms with Crippen molar-refractivity contribution in [2.75, 3.05) is 13.1 Å². The number of hydrogen-bond donors (Lipinski definition) is 2. The van der Waals surface area contributed by atoms with Crippen LogP contribution >= 0.6 is 11.6 Å². The Kier molecular flexibility index (Phi) is 7.81. The zero-order valence-electron chi connectivity index (χ0n) is 14.3. The van der Waals surface area contributed by atoms with Crippen LogP contribution in [0.3, 0.4) is 0 Å². The van der Waals surface area contributed by atoms with E-state index in [1.54, 1.807) is 12.1 Å². The van der Waals surface area contributed by atoms with E-state index in [-0.39, 0.29) is 24.2 Å². The zero-order chi connectivity index (χ0) is 18.9. The highest BCUT2D eigenvalue weighted by Crippen LogP contribution is 2.16. The molecule has 0 fully saturated rings. The number of carbonyl (C=O) groups is 1. The van der Waals surface area contributed by atoms with Crippen LogP contribution in [0.5, 0.6) is 5.75 Å². The topological polar surface area (TPSA) is 50.4 Å². The molecule has 0 aliphatic heterocycles. The van der Waals surface area contributed by atoms with E-state index in [1.165, 1.54) is 12.1 Å². The molecule has 0 unspecified atom stereocenters. The highest BCUT2D eigenvalue weighted by molar-refractivity contribution is 6.30. The standard InChI is InChI=1S/C19H21ClF2N2O2/c1-13(15-4-6-16(20)7-5-15)24-12-18(25)23-11-10-14-2-8-17(9-3-14)26-19(21)22/h2-9,13,19,24H,10-12H2,1H3,(H,23,25)/t13-/m0/s1. The average Bonchev–Trinajstić information content (AvgIpc) is 2.61. The van der Waals surface area contributed by atoms with Gasteiger partial charge >= 0.3 is 6.61 Å². The summed E-state index contributed by atoms with van der Waals surface area (Å²) in [6, 6.07) is 13.9. The maximum atomic E-state index is 12.1. The second kappa shape index (κ2) is 10.1. The summed E-state index contributed by atoms with van der Waals surface area (Å²) in [7, 11) is 0. The SMILES string of the molecule is C[C@H](NCC(=O)NCCc1ccc(OC(F)F)cc1)c1ccc(Cl)cc1. The molecule has 0 bridgehead atoms. The summed E-state index contributed by atoms with van der Waals surface area (Å²) in [6.45, 7) is -0.196. The minimum absolute atomic E-state index is 0.0281. The third-order valence-corrected chi connectivity index (χ3v) is 4.08. The van der Waals surface area contributed by atoms with Crippen molar-refractivity contribution in [2.24, 2.45) is 0 Å². The largest absolute Gasteiger partial charge is 0.435 e. The predicted octanol–water partition coefficient (Wildman–Crippen LogP) is 3.95. The number of halogens is 3. The van der Waals surface area contributed by atoms with Crippen molar-refractivity contribution in [3.63, 3.8) is 0 Å². The van der Waals surface area contributed by atoms with Crippen molar-refractivity contribution >= 4 is 17.5 Å². The molecule has 0 heterocycles. The van der Waals surface area contributed by atoms with Crippen molar-refractivity contribution in [2.45, 2.75) is 26.0 Å². The second-order valence-electron chi connectivity index (χ2n) is 5.78. The molecule has 1 atom stereocenters. The first kappa shape index (κ1) is 20.1. The maximum absolute atomic E-state index is 12.1. The molecule has 0 radical (unpaired) electrons. The van der Waals surface area contributed by atoms with Gasteiger partial charge in [-0.25, -0.2) is 0 Å². The molecule has 140 valence electrons. The number of nitrogens with one attached hydrogen (secondary N) is 2. The fourth-order valence-corrected chi connectivity index (χ4v) is 2.49. The van der Waals surface area contributed by atoms with E-state index in [1.807, 2.05) is 31.2 Å². The van der Waals surface area contributed by atoms with Crippen LogP contribution in [0.25, 0.3) is 0 Å². The van der Waals surface area contributed by atoms with Crippen LogP contribution in [0.4, 0.5) is 8.78 Å². The Balaban J connectivity index is 1.67. The van der Waals surface area contributed by atoms with Crippen LogP contribution in [0.1, 0.15) is 24.1 Å². The summed E-state index contributed by atoms with van der Waals surface area (Å²) in [5.41, 5.74) is 1.97. The second-order valence-corrected chi connectivity index (χ2v) is 6.21. The summed E-state index contributed by atoms with van der Waals surface area (Å²) >= 11 is 5.86. The highest BCUT2D eigenvalue weighted by Gasteiger charge is 2.08. The lowest BCUT2D eigenvalue weighted by Crippen LogP contribution is -2.36. The van der Waals surface area contributed by atoms with Crippen LogP contribution in [0.15, 0.2) is 48.5 Å². The average molecular weight is 383 g/mol. The molecule has 1 amide bonds. The van der Waals surface area contributed by atoms with Gasteiger partial charge < -0.3 is 15.4 Å². The fourth-order valence-electron chi connectivity index (χ4n) is 2.36. The molecule has 2 aromatic rings. The molecule has 4 nitrogen and oxygen atoms in total. The van der Waals surface area contributed by atoms with Gasteiger partial charge in [-0.3, -0.25) is 4.79 Å². The fraction of sp³-hybridized carbons (Fsp3) is 0.316. The summed E-state index contributed by atoms with van der Waals surface area (Å²) < 4.78 is 28.5. The summed E-state index contributed by atoms with van der Waals surface area (Å²) in [5.74, 6) is 0.0108. The van der Waals surface area contributed by atoms with E-state index in [2.05, 4.69) is 15.4 Å². The number of amides is 1. The number of alkyl halides is 2. The molecule has 2 N–H and O–H groups in total. The first-order valence-corrected chi connectivity index (χ1v) is 8.61. The van der Waals surface area contributed by atoms with Gasteiger partial charge in [0.05, 0.1) is 6.54 Å². The van der Waals surface area contributed by atoms with E-state index in [0.717, 1.165) is 11.1 Å². The summed E-state index contributed by atoms with van der Waals surface area (Å²) in [4.78, 5) is 11.9. The van der Waals surface area contributed by atoms with Crippen molar-refractivity contribution in [1.82, 2.24) is 10.6 Å². The molecule has 2 aromatic carbocycles. The van der Waals surface area contributed by atoms with Gasteiger partial charge in [-0.1, -0.05) is 35.9 Å². The van der Waals surface area contributed by atoms with Gasteiger partial charge in [-0.15, -0.1) is 0 Å². The molecule has 0 aliphatic rings. The molecule has 0 spiro atoms. The van der Waals surface area contributed by atoms with E-state index >= 15 is 0 Å². The molecule has 7 heteroatoms. The highest BCUT2D eigenvalue weighted by atomic mass is 35.5. The molecule has 0 aromatic heterocycles. The van der Waals surface area contributed by atoms with Crippen molar-refractivity contribution in [3.05, 3.63) is 64.7 Å². The number of hydrogen-bond acceptors (Lipinski definition) is 3. The van der Waals surface area contributed by atoms with E-state index < -0.39 is 6.61 Å². The molecule has 2 rings (SSSR count). The third-order valence-electron chi connectivity index (χ3n) is 3.82. The Morgan fingerprint density at radius 3 is 2.38 bits per heavy atom. The summed E-state index contributed by atoms with van der Waals surface area (Å²) in [5, 5.41) is 6.64. The van der Waals surface area contributed by atoms with Gasteiger partial charge in [0.1, 0.15) is 5.75 Å². The summed E-state index contributed by atoms with van der Waals surface area (Å²) in [6.07, 6.45) is 0.605. The zero-order valence-corrected chi connectivity index (χ0v) is 15.1. The lowest BCUT2D eigenvalue weighted by Gasteiger charge is -2.14. The smallest absolute Gasteiger partial charge is 0.387 e. The van der Waals surface area contributed by atoms with Crippen molar-refractivity contribution < 1.29 is 18.3 Å². The normalized spacial score (nSPS) is 12.0. The van der Waals surface area contributed by atoms with Crippen LogP contribution in [0, 0.1) is 0 Å². The minimum atomic E-state index is -2.83. The van der Waals surface area contributed by atoms with Gasteiger partial charge in [-0.05, 0) is 48.7 Å². The quantitative estimate of drug-likeness (QED) is 0.690. The minimum Gasteiger partial charge on any atom is -0.435 e. The number of carbonyl (C=O) groups excluding carboxylic acids is 1. The van der Waals surface area contributed by atoms with Crippen LogP contribution < -0.4 is 15.4 Å². The van der Waals surface area contributed by atoms with Crippen molar-refractivity contribution in [3.8, 4) is 5.75 Å². The Labute approximate surface area is 156 Å². The van der Waals surface area contributed by atoms with Crippen molar-refractivity contribution in [1.29, 1.82) is 0 Å². The van der Waals surface area contributed by atoms with E-state index in [9.17, 15) is 13.6 Å².